The molecule has 82 valence electrons. The van der Waals surface area contributed by atoms with Gasteiger partial charge in [0.25, 0.3) is 5.91 Å². The van der Waals surface area contributed by atoms with Gasteiger partial charge in [-0.3, -0.25) is 9.63 Å². The molecule has 1 amide bonds. The fourth-order valence-corrected chi connectivity index (χ4v) is 1.22. The summed E-state index contributed by atoms with van der Waals surface area (Å²) in [5, 5.41) is 0. The molecule has 0 radical (unpaired) electrons. The minimum atomic E-state index is -0.246. The summed E-state index contributed by atoms with van der Waals surface area (Å²) in [7, 11) is 1.59. The second-order valence-corrected chi connectivity index (χ2v) is 2.95. The van der Waals surface area contributed by atoms with Gasteiger partial charge in [0.15, 0.2) is 0 Å². The highest BCUT2D eigenvalue weighted by Gasteiger charge is 2.09. The lowest BCUT2D eigenvalue weighted by atomic mass is 10.1. The van der Waals surface area contributed by atoms with Crippen molar-refractivity contribution in [3.05, 3.63) is 35.4 Å². The summed E-state index contributed by atoms with van der Waals surface area (Å²) < 4.78 is 5.00. The average Bonchev–Trinajstić information content (AvgIpc) is 2.27. The summed E-state index contributed by atoms with van der Waals surface area (Å²) in [6.45, 7) is 2.66. The number of nitrogens with one attached hydrogen (secondary N) is 1. The predicted octanol–water partition coefficient (Wildman–Crippen LogP) is 1.51. The molecule has 1 N–H and O–H groups in total. The van der Waals surface area contributed by atoms with E-state index in [2.05, 4.69) is 5.48 Å². The molecule has 0 bridgehead atoms. The highest BCUT2D eigenvalue weighted by Crippen LogP contribution is 2.09. The highest BCUT2D eigenvalue weighted by molar-refractivity contribution is 5.94. The van der Waals surface area contributed by atoms with E-state index in [0.29, 0.717) is 18.8 Å². The Labute approximate surface area is 89.1 Å². The fraction of sp³-hybridized carbons (Fsp3) is 0.364. The summed E-state index contributed by atoms with van der Waals surface area (Å²) in [4.78, 5) is 16.5. The van der Waals surface area contributed by atoms with Crippen LogP contribution >= 0.6 is 0 Å². The lowest BCUT2D eigenvalue weighted by Gasteiger charge is -2.08. The maximum Gasteiger partial charge on any atom is 0.275 e. The van der Waals surface area contributed by atoms with Crippen LogP contribution in [-0.2, 0) is 16.2 Å². The number of carbonyl (C=O) groups is 1. The molecular weight excluding hydrogens is 194 g/mol. The van der Waals surface area contributed by atoms with E-state index in [1.54, 1.807) is 26.2 Å². The third kappa shape index (κ3) is 3.34. The molecule has 0 spiro atoms. The smallest absolute Gasteiger partial charge is 0.275 e. The molecule has 15 heavy (non-hydrogen) atoms. The number of benzene rings is 1. The highest BCUT2D eigenvalue weighted by atomic mass is 16.6. The van der Waals surface area contributed by atoms with Crippen molar-refractivity contribution in [1.29, 1.82) is 0 Å². The van der Waals surface area contributed by atoms with Crippen LogP contribution in [0.25, 0.3) is 0 Å². The van der Waals surface area contributed by atoms with Crippen LogP contribution in [0.2, 0.25) is 0 Å². The lowest BCUT2D eigenvalue weighted by Crippen LogP contribution is -2.24. The van der Waals surface area contributed by atoms with Crippen LogP contribution in [0.4, 0.5) is 0 Å². The van der Waals surface area contributed by atoms with Gasteiger partial charge in [0.05, 0.1) is 13.2 Å². The molecule has 0 aliphatic carbocycles. The van der Waals surface area contributed by atoms with Gasteiger partial charge in [-0.15, -0.1) is 0 Å². The van der Waals surface area contributed by atoms with Crippen molar-refractivity contribution >= 4 is 5.91 Å². The normalized spacial score (nSPS) is 10.0. The molecule has 1 aromatic carbocycles. The monoisotopic (exact) mass is 209 g/mol. The Hall–Kier alpha value is -1.39. The van der Waals surface area contributed by atoms with E-state index >= 15 is 0 Å². The second-order valence-electron chi connectivity index (χ2n) is 2.95. The van der Waals surface area contributed by atoms with Crippen LogP contribution in [0.3, 0.4) is 0 Å². The first-order chi connectivity index (χ1) is 7.29. The Bertz CT molecular complexity index is 325. The Morgan fingerprint density at radius 2 is 2.13 bits per heavy atom. The van der Waals surface area contributed by atoms with Crippen molar-refractivity contribution in [2.24, 2.45) is 0 Å². The van der Waals surface area contributed by atoms with Gasteiger partial charge < -0.3 is 4.74 Å². The van der Waals surface area contributed by atoms with Crippen molar-refractivity contribution in [2.75, 3.05) is 13.7 Å². The van der Waals surface area contributed by atoms with Crippen LogP contribution in [0.5, 0.6) is 0 Å². The van der Waals surface area contributed by atoms with Crippen molar-refractivity contribution in [1.82, 2.24) is 5.48 Å². The van der Waals surface area contributed by atoms with Gasteiger partial charge in [-0.1, -0.05) is 18.2 Å². The number of hydrogen-bond acceptors (Lipinski definition) is 3. The summed E-state index contributed by atoms with van der Waals surface area (Å²) >= 11 is 0. The standard InChI is InChI=1S/C11H15NO3/c1-3-15-12-11(13)10-7-5-4-6-9(10)8-14-2/h4-7H,3,8H2,1-2H3,(H,12,13). The molecule has 1 aromatic rings. The first kappa shape index (κ1) is 11.7. The van der Waals surface area contributed by atoms with Gasteiger partial charge in [-0.05, 0) is 18.6 Å². The molecule has 0 aliphatic rings. The zero-order valence-corrected chi connectivity index (χ0v) is 8.95. The average molecular weight is 209 g/mol. The van der Waals surface area contributed by atoms with Gasteiger partial charge in [-0.2, -0.15) is 0 Å². The van der Waals surface area contributed by atoms with Crippen LogP contribution in [0, 0.1) is 0 Å². The Morgan fingerprint density at radius 3 is 2.80 bits per heavy atom. The Morgan fingerprint density at radius 1 is 1.40 bits per heavy atom. The fourth-order valence-electron chi connectivity index (χ4n) is 1.22. The molecule has 0 fully saturated rings. The molecule has 0 heterocycles. The van der Waals surface area contributed by atoms with E-state index in [-0.39, 0.29) is 5.91 Å². The topological polar surface area (TPSA) is 47.6 Å². The number of ether oxygens (including phenoxy) is 1. The maximum absolute atomic E-state index is 11.6. The lowest BCUT2D eigenvalue weighted by molar-refractivity contribution is 0.0361. The Kier molecular flexibility index (Phi) is 4.80. The molecule has 0 unspecified atom stereocenters. The van der Waals surface area contributed by atoms with Gasteiger partial charge in [0, 0.05) is 12.7 Å². The van der Waals surface area contributed by atoms with Gasteiger partial charge in [0.1, 0.15) is 0 Å². The van der Waals surface area contributed by atoms with Gasteiger partial charge in [0.2, 0.25) is 0 Å². The summed E-state index contributed by atoms with van der Waals surface area (Å²) in [5.74, 6) is -0.246. The third-order valence-corrected chi connectivity index (χ3v) is 1.87. The maximum atomic E-state index is 11.6. The van der Waals surface area contributed by atoms with Crippen molar-refractivity contribution in [3.8, 4) is 0 Å². The quantitative estimate of drug-likeness (QED) is 0.748. The van der Waals surface area contributed by atoms with E-state index in [9.17, 15) is 4.79 Å². The summed E-state index contributed by atoms with van der Waals surface area (Å²) in [5.41, 5.74) is 3.77. The number of amides is 1. The second kappa shape index (κ2) is 6.16. The number of rotatable bonds is 5. The molecule has 0 aromatic heterocycles. The minimum Gasteiger partial charge on any atom is -0.380 e. The van der Waals surface area contributed by atoms with Crippen LogP contribution in [0.15, 0.2) is 24.3 Å². The summed E-state index contributed by atoms with van der Waals surface area (Å²) in [6, 6.07) is 7.26. The van der Waals surface area contributed by atoms with E-state index in [1.165, 1.54) is 0 Å². The van der Waals surface area contributed by atoms with E-state index in [1.807, 2.05) is 12.1 Å². The van der Waals surface area contributed by atoms with E-state index < -0.39 is 0 Å². The van der Waals surface area contributed by atoms with Crippen molar-refractivity contribution in [2.45, 2.75) is 13.5 Å². The molecule has 0 aliphatic heterocycles. The Balaban J connectivity index is 2.77. The zero-order chi connectivity index (χ0) is 11.1. The molecule has 0 saturated heterocycles. The largest absolute Gasteiger partial charge is 0.380 e. The van der Waals surface area contributed by atoms with Crippen LogP contribution in [0.1, 0.15) is 22.8 Å². The number of carbonyl (C=O) groups excluding carboxylic acids is 1. The first-order valence-corrected chi connectivity index (χ1v) is 4.78. The molecule has 1 rings (SSSR count). The number of hydrogen-bond donors (Lipinski definition) is 1. The molecule has 0 saturated carbocycles. The number of hydroxylamine groups is 1. The van der Waals surface area contributed by atoms with Crippen LogP contribution in [-0.4, -0.2) is 19.6 Å². The van der Waals surface area contributed by atoms with Crippen LogP contribution < -0.4 is 5.48 Å². The van der Waals surface area contributed by atoms with E-state index in [0.717, 1.165) is 5.56 Å². The van der Waals surface area contributed by atoms with Crippen molar-refractivity contribution in [3.63, 3.8) is 0 Å². The molecule has 4 heteroatoms. The third-order valence-electron chi connectivity index (χ3n) is 1.87. The molecule has 4 nitrogen and oxygen atoms in total. The predicted molar refractivity (Wildman–Crippen MR) is 56.2 cm³/mol. The number of methoxy groups -OCH3 is 1. The molecule has 0 atom stereocenters. The van der Waals surface area contributed by atoms with Gasteiger partial charge >= 0.3 is 0 Å². The van der Waals surface area contributed by atoms with Crippen molar-refractivity contribution < 1.29 is 14.4 Å². The van der Waals surface area contributed by atoms with E-state index in [4.69, 9.17) is 9.57 Å². The summed E-state index contributed by atoms with van der Waals surface area (Å²) in [6.07, 6.45) is 0. The zero-order valence-electron chi connectivity index (χ0n) is 8.95. The van der Waals surface area contributed by atoms with Gasteiger partial charge in [-0.25, -0.2) is 5.48 Å². The molecular formula is C11H15NO3. The first-order valence-electron chi connectivity index (χ1n) is 4.78. The SMILES string of the molecule is CCONC(=O)c1ccccc1COC. The minimum absolute atomic E-state index is 0.246.